The van der Waals surface area contributed by atoms with Gasteiger partial charge < -0.3 is 9.67 Å². The molecule has 2 aromatic rings. The van der Waals surface area contributed by atoms with Gasteiger partial charge in [-0.3, -0.25) is 0 Å². The van der Waals surface area contributed by atoms with Crippen molar-refractivity contribution in [3.63, 3.8) is 0 Å². The maximum Gasteiger partial charge on any atom is 0.347 e. The number of hydrogen-bond donors (Lipinski definition) is 1. The number of hydrogen-bond acceptors (Lipinski definition) is 4. The van der Waals surface area contributed by atoms with Crippen molar-refractivity contribution >= 4 is 17.3 Å². The second-order valence-electron chi connectivity index (χ2n) is 3.43. The van der Waals surface area contributed by atoms with E-state index >= 15 is 0 Å². The summed E-state index contributed by atoms with van der Waals surface area (Å²) in [7, 11) is 0. The molecular formula is C10H11N3O2S. The highest BCUT2D eigenvalue weighted by atomic mass is 32.1. The van der Waals surface area contributed by atoms with Crippen LogP contribution >= 0.6 is 11.3 Å². The van der Waals surface area contributed by atoms with Gasteiger partial charge in [0.25, 0.3) is 0 Å². The Morgan fingerprint density at radius 2 is 2.31 bits per heavy atom. The average molecular weight is 237 g/mol. The van der Waals surface area contributed by atoms with Crippen LogP contribution in [0.3, 0.4) is 0 Å². The summed E-state index contributed by atoms with van der Waals surface area (Å²) >= 11 is 1.22. The molecule has 2 rings (SSSR count). The second-order valence-corrected chi connectivity index (χ2v) is 4.51. The summed E-state index contributed by atoms with van der Waals surface area (Å²) in [4.78, 5) is 19.5. The van der Waals surface area contributed by atoms with Crippen molar-refractivity contribution in [3.05, 3.63) is 33.8 Å². The van der Waals surface area contributed by atoms with Crippen molar-refractivity contribution in [1.82, 2.24) is 14.5 Å². The number of thiazole rings is 1. The minimum absolute atomic E-state index is 0.313. The predicted molar refractivity (Wildman–Crippen MR) is 59.9 cm³/mol. The Morgan fingerprint density at radius 1 is 1.56 bits per heavy atom. The molecule has 0 radical (unpaired) electrons. The van der Waals surface area contributed by atoms with Gasteiger partial charge in [0.15, 0.2) is 0 Å². The lowest BCUT2D eigenvalue weighted by Crippen LogP contribution is -2.00. The van der Waals surface area contributed by atoms with E-state index in [2.05, 4.69) is 9.97 Å². The Labute approximate surface area is 96.4 Å². The van der Waals surface area contributed by atoms with Crippen molar-refractivity contribution in [2.24, 2.45) is 0 Å². The van der Waals surface area contributed by atoms with E-state index in [9.17, 15) is 4.79 Å². The Morgan fingerprint density at radius 3 is 2.81 bits per heavy atom. The third kappa shape index (κ3) is 1.96. The Balaban J connectivity index is 2.26. The van der Waals surface area contributed by atoms with Gasteiger partial charge in [0, 0.05) is 12.4 Å². The molecule has 0 aromatic carbocycles. The first-order chi connectivity index (χ1) is 7.58. The molecule has 0 aliphatic heterocycles. The van der Waals surface area contributed by atoms with E-state index in [4.69, 9.17) is 5.11 Å². The van der Waals surface area contributed by atoms with Gasteiger partial charge in [-0.25, -0.2) is 14.8 Å². The first-order valence-electron chi connectivity index (χ1n) is 4.75. The molecule has 0 bridgehead atoms. The monoisotopic (exact) mass is 237 g/mol. The minimum atomic E-state index is -0.913. The molecule has 2 aromatic heterocycles. The van der Waals surface area contributed by atoms with E-state index in [1.54, 1.807) is 13.1 Å². The van der Waals surface area contributed by atoms with Crippen LogP contribution in [0.2, 0.25) is 0 Å². The number of aromatic carboxylic acids is 1. The lowest BCUT2D eigenvalue weighted by molar-refractivity contribution is 0.0701. The first kappa shape index (κ1) is 10.8. The van der Waals surface area contributed by atoms with E-state index in [1.165, 1.54) is 11.3 Å². The van der Waals surface area contributed by atoms with Gasteiger partial charge in [-0.15, -0.1) is 11.3 Å². The molecule has 2 heterocycles. The number of imidazole rings is 1. The summed E-state index contributed by atoms with van der Waals surface area (Å²) in [5, 5.41) is 9.70. The van der Waals surface area contributed by atoms with Crippen LogP contribution in [0.1, 0.15) is 26.2 Å². The van der Waals surface area contributed by atoms with Crippen molar-refractivity contribution in [3.8, 4) is 0 Å². The molecule has 1 N–H and O–H groups in total. The number of aryl methyl sites for hydroxylation is 2. The van der Waals surface area contributed by atoms with Crippen LogP contribution in [0.4, 0.5) is 0 Å². The zero-order valence-electron chi connectivity index (χ0n) is 8.97. The van der Waals surface area contributed by atoms with Gasteiger partial charge in [0.1, 0.15) is 15.7 Å². The molecule has 0 saturated heterocycles. The van der Waals surface area contributed by atoms with Crippen LogP contribution < -0.4 is 0 Å². The minimum Gasteiger partial charge on any atom is -0.477 e. The number of carbonyl (C=O) groups is 1. The maximum atomic E-state index is 10.9. The molecule has 0 unspecified atom stereocenters. The fourth-order valence-corrected chi connectivity index (χ4v) is 2.34. The summed E-state index contributed by atoms with van der Waals surface area (Å²) in [5.74, 6) is -0.0201. The molecule has 0 amide bonds. The van der Waals surface area contributed by atoms with Crippen LogP contribution in [0.25, 0.3) is 0 Å². The Hall–Kier alpha value is -1.69. The lowest BCUT2D eigenvalue weighted by Gasteiger charge is -2.00. The normalized spacial score (nSPS) is 10.6. The van der Waals surface area contributed by atoms with Gasteiger partial charge in [0.05, 0.1) is 12.2 Å². The standard InChI is InChI=1S/C10H11N3O2S/c1-6-9(10(14)15)16-8(12-6)5-13-4-3-11-7(13)2/h3-4H,5H2,1-2H3,(H,14,15). The highest BCUT2D eigenvalue weighted by molar-refractivity contribution is 7.13. The summed E-state index contributed by atoms with van der Waals surface area (Å²) in [5.41, 5.74) is 0.574. The molecule has 16 heavy (non-hydrogen) atoms. The van der Waals surface area contributed by atoms with Gasteiger partial charge in [0.2, 0.25) is 0 Å². The molecule has 0 aliphatic rings. The summed E-state index contributed by atoms with van der Waals surface area (Å²) in [6, 6.07) is 0. The zero-order valence-corrected chi connectivity index (χ0v) is 9.78. The number of carboxylic acid groups (broad SMARTS) is 1. The Kier molecular flexibility index (Phi) is 2.74. The number of rotatable bonds is 3. The van der Waals surface area contributed by atoms with Crippen molar-refractivity contribution < 1.29 is 9.90 Å². The molecule has 0 aliphatic carbocycles. The fourth-order valence-electron chi connectivity index (χ4n) is 1.43. The Bertz CT molecular complexity index is 530. The van der Waals surface area contributed by atoms with Crippen LogP contribution in [0.15, 0.2) is 12.4 Å². The summed E-state index contributed by atoms with van der Waals surface area (Å²) in [6.07, 6.45) is 3.57. The lowest BCUT2D eigenvalue weighted by atomic mass is 10.4. The highest BCUT2D eigenvalue weighted by Crippen LogP contribution is 2.19. The van der Waals surface area contributed by atoms with E-state index in [0.717, 1.165) is 10.8 Å². The van der Waals surface area contributed by atoms with Crippen LogP contribution in [-0.2, 0) is 6.54 Å². The number of carboxylic acids is 1. The quantitative estimate of drug-likeness (QED) is 0.882. The van der Waals surface area contributed by atoms with E-state index in [-0.39, 0.29) is 0 Å². The second kappa shape index (κ2) is 4.05. The SMILES string of the molecule is Cc1nc(Cn2ccnc2C)sc1C(=O)O. The van der Waals surface area contributed by atoms with E-state index in [1.807, 2.05) is 17.7 Å². The smallest absolute Gasteiger partial charge is 0.347 e. The molecule has 84 valence electrons. The number of aromatic nitrogens is 3. The van der Waals surface area contributed by atoms with Crippen LogP contribution in [-0.4, -0.2) is 25.6 Å². The largest absolute Gasteiger partial charge is 0.477 e. The summed E-state index contributed by atoms with van der Waals surface area (Å²) < 4.78 is 1.93. The summed E-state index contributed by atoms with van der Waals surface area (Å²) in [6.45, 7) is 4.19. The van der Waals surface area contributed by atoms with Gasteiger partial charge >= 0.3 is 5.97 Å². The third-order valence-corrected chi connectivity index (χ3v) is 3.39. The van der Waals surface area contributed by atoms with Crippen molar-refractivity contribution in [2.75, 3.05) is 0 Å². The molecule has 0 atom stereocenters. The van der Waals surface area contributed by atoms with E-state index in [0.29, 0.717) is 17.1 Å². The maximum absolute atomic E-state index is 10.9. The molecular weight excluding hydrogens is 226 g/mol. The average Bonchev–Trinajstić information content (AvgIpc) is 2.75. The van der Waals surface area contributed by atoms with Gasteiger partial charge in [-0.05, 0) is 13.8 Å². The molecule has 0 saturated carbocycles. The zero-order chi connectivity index (χ0) is 11.7. The van der Waals surface area contributed by atoms with Crippen LogP contribution in [0.5, 0.6) is 0 Å². The van der Waals surface area contributed by atoms with Gasteiger partial charge in [-0.1, -0.05) is 0 Å². The predicted octanol–water partition coefficient (Wildman–Crippen LogP) is 1.70. The highest BCUT2D eigenvalue weighted by Gasteiger charge is 2.14. The van der Waals surface area contributed by atoms with Crippen molar-refractivity contribution in [1.29, 1.82) is 0 Å². The molecule has 6 heteroatoms. The van der Waals surface area contributed by atoms with Crippen molar-refractivity contribution in [2.45, 2.75) is 20.4 Å². The molecule has 5 nitrogen and oxygen atoms in total. The number of nitrogens with zero attached hydrogens (tertiary/aromatic N) is 3. The fraction of sp³-hybridized carbons (Fsp3) is 0.300. The topological polar surface area (TPSA) is 68.0 Å². The first-order valence-corrected chi connectivity index (χ1v) is 5.57. The van der Waals surface area contributed by atoms with Gasteiger partial charge in [-0.2, -0.15) is 0 Å². The third-order valence-electron chi connectivity index (χ3n) is 2.26. The molecule has 0 spiro atoms. The molecule has 0 fully saturated rings. The van der Waals surface area contributed by atoms with Crippen LogP contribution in [0, 0.1) is 13.8 Å². The van der Waals surface area contributed by atoms with E-state index < -0.39 is 5.97 Å².